The first kappa shape index (κ1) is 19.0. The zero-order valence-corrected chi connectivity index (χ0v) is 17.7. The Bertz CT molecular complexity index is 1180. The lowest BCUT2D eigenvalue weighted by Crippen LogP contribution is -2.43. The highest BCUT2D eigenvalue weighted by atomic mass is 16.3. The van der Waals surface area contributed by atoms with E-state index in [9.17, 15) is 14.7 Å². The van der Waals surface area contributed by atoms with Gasteiger partial charge in [-0.1, -0.05) is 50.2 Å². The second kappa shape index (κ2) is 6.24. The van der Waals surface area contributed by atoms with Crippen LogP contribution in [0.2, 0.25) is 0 Å². The van der Waals surface area contributed by atoms with Crippen molar-refractivity contribution in [1.29, 1.82) is 0 Å². The molecule has 5 rings (SSSR count). The summed E-state index contributed by atoms with van der Waals surface area (Å²) in [5.41, 5.74) is 6.02. The number of hydrogen-bond acceptors (Lipinski definition) is 4. The van der Waals surface area contributed by atoms with Gasteiger partial charge in [0.25, 0.3) is 0 Å². The number of carbonyl (C=O) groups excluding carboxylic acids is 2. The molecule has 0 unspecified atom stereocenters. The first-order chi connectivity index (χ1) is 14.2. The maximum absolute atomic E-state index is 13.5. The summed E-state index contributed by atoms with van der Waals surface area (Å²) in [6.07, 6.45) is 1.22. The van der Waals surface area contributed by atoms with Gasteiger partial charge in [-0.3, -0.25) is 14.6 Å². The first-order valence-corrected chi connectivity index (χ1v) is 10.5. The number of carbonyl (C=O) groups is 2. The minimum absolute atomic E-state index is 0.0329. The van der Waals surface area contributed by atoms with Gasteiger partial charge in [-0.05, 0) is 42.4 Å². The average molecular weight is 399 g/mol. The number of allylic oxidation sites excluding steroid dienone is 1. The van der Waals surface area contributed by atoms with Crippen LogP contribution in [-0.2, 0) is 4.79 Å². The standard InChI is InChI=1S/C26H25NO3/c1-13-9-15(10-14(2)24(13)29)20-21-18(11-26(3,4)12-19(21)28)27-23-16-7-5-6-8-17(16)25(30)22(20)23/h5-10,20-21,29H,11-12H2,1-4H3/t20-,21-/m1/s1. The molecule has 152 valence electrons. The maximum Gasteiger partial charge on any atom is 0.192 e. The molecule has 2 aliphatic carbocycles. The van der Waals surface area contributed by atoms with E-state index in [0.29, 0.717) is 17.6 Å². The van der Waals surface area contributed by atoms with Gasteiger partial charge < -0.3 is 5.11 Å². The van der Waals surface area contributed by atoms with Gasteiger partial charge in [0.15, 0.2) is 5.78 Å². The summed E-state index contributed by atoms with van der Waals surface area (Å²) < 4.78 is 0. The van der Waals surface area contributed by atoms with Gasteiger partial charge in [0, 0.05) is 34.8 Å². The van der Waals surface area contributed by atoms with Crippen LogP contribution in [0.1, 0.15) is 65.2 Å². The zero-order valence-electron chi connectivity index (χ0n) is 17.7. The predicted octanol–water partition coefficient (Wildman–Crippen LogP) is 5.16. The summed E-state index contributed by atoms with van der Waals surface area (Å²) in [7, 11) is 0. The van der Waals surface area contributed by atoms with E-state index in [-0.39, 0.29) is 28.6 Å². The molecule has 0 bridgehead atoms. The first-order valence-electron chi connectivity index (χ1n) is 10.5. The molecule has 1 aliphatic heterocycles. The van der Waals surface area contributed by atoms with Crippen molar-refractivity contribution >= 4 is 23.0 Å². The third kappa shape index (κ3) is 2.63. The van der Waals surface area contributed by atoms with E-state index in [0.717, 1.165) is 40.1 Å². The molecular weight excluding hydrogens is 374 g/mol. The maximum atomic E-state index is 13.5. The molecule has 0 amide bonds. The number of Topliss-reactive ketones (excluding diaryl/α,β-unsaturated/α-hetero) is 2. The molecule has 0 spiro atoms. The van der Waals surface area contributed by atoms with Crippen LogP contribution in [0.15, 0.2) is 47.0 Å². The van der Waals surface area contributed by atoms with Gasteiger partial charge in [0.2, 0.25) is 0 Å². The molecule has 4 heteroatoms. The Hall–Kier alpha value is -3.01. The van der Waals surface area contributed by atoms with Gasteiger partial charge in [-0.25, -0.2) is 0 Å². The summed E-state index contributed by atoms with van der Waals surface area (Å²) >= 11 is 0. The highest BCUT2D eigenvalue weighted by Gasteiger charge is 2.50. The predicted molar refractivity (Wildman–Crippen MR) is 117 cm³/mol. The molecule has 1 heterocycles. The molecule has 0 saturated heterocycles. The fourth-order valence-electron chi connectivity index (χ4n) is 5.45. The summed E-state index contributed by atoms with van der Waals surface area (Å²) in [6.45, 7) is 7.92. The van der Waals surface area contributed by atoms with Crippen molar-refractivity contribution < 1.29 is 14.7 Å². The third-order valence-corrected chi connectivity index (χ3v) is 6.72. The molecule has 2 atom stereocenters. The van der Waals surface area contributed by atoms with Gasteiger partial charge in [0.1, 0.15) is 11.5 Å². The van der Waals surface area contributed by atoms with Gasteiger partial charge >= 0.3 is 0 Å². The highest BCUT2D eigenvalue weighted by Crippen LogP contribution is 2.52. The quantitative estimate of drug-likeness (QED) is 0.720. The number of nitrogens with zero attached hydrogens (tertiary/aromatic N) is 1. The SMILES string of the molecule is Cc1cc([C@H]2C3=C(N=C4CC(C)(C)CC(=O)[C@@H]42)c2ccccc2C3=O)cc(C)c1O. The van der Waals surface area contributed by atoms with Crippen LogP contribution in [0.25, 0.3) is 5.70 Å². The molecule has 1 N–H and O–H groups in total. The summed E-state index contributed by atoms with van der Waals surface area (Å²) in [5.74, 6) is -0.412. The Morgan fingerprint density at radius 1 is 0.967 bits per heavy atom. The van der Waals surface area contributed by atoms with Crippen molar-refractivity contribution in [2.75, 3.05) is 0 Å². The fraction of sp³-hybridized carbons (Fsp3) is 0.346. The zero-order chi connectivity index (χ0) is 21.4. The monoisotopic (exact) mass is 399 g/mol. The number of hydrogen-bond donors (Lipinski definition) is 1. The van der Waals surface area contributed by atoms with E-state index in [2.05, 4.69) is 13.8 Å². The Kier molecular flexibility index (Phi) is 3.95. The van der Waals surface area contributed by atoms with Crippen molar-refractivity contribution in [2.24, 2.45) is 16.3 Å². The van der Waals surface area contributed by atoms with E-state index >= 15 is 0 Å². The van der Waals surface area contributed by atoms with Crippen molar-refractivity contribution in [2.45, 2.75) is 46.5 Å². The van der Waals surface area contributed by atoms with Crippen LogP contribution in [0, 0.1) is 25.2 Å². The van der Waals surface area contributed by atoms with Crippen LogP contribution in [0.3, 0.4) is 0 Å². The lowest BCUT2D eigenvalue weighted by Gasteiger charge is -2.40. The molecule has 1 fully saturated rings. The number of ketones is 2. The van der Waals surface area contributed by atoms with Crippen molar-refractivity contribution in [1.82, 2.24) is 0 Å². The van der Waals surface area contributed by atoms with E-state index in [1.54, 1.807) is 0 Å². The van der Waals surface area contributed by atoms with Crippen LogP contribution in [0.5, 0.6) is 5.75 Å². The van der Waals surface area contributed by atoms with E-state index < -0.39 is 5.92 Å². The number of phenolic OH excluding ortho intramolecular Hbond substituents is 1. The number of fused-ring (bicyclic) bond motifs is 3. The number of benzene rings is 2. The van der Waals surface area contributed by atoms with E-state index in [1.807, 2.05) is 50.2 Å². The Balaban J connectivity index is 1.78. The van der Waals surface area contributed by atoms with Crippen LogP contribution < -0.4 is 0 Å². The van der Waals surface area contributed by atoms with Gasteiger partial charge in [-0.2, -0.15) is 0 Å². The Morgan fingerprint density at radius 2 is 1.60 bits per heavy atom. The molecule has 2 aromatic rings. The molecule has 2 aromatic carbocycles. The molecule has 1 saturated carbocycles. The fourth-order valence-corrected chi connectivity index (χ4v) is 5.45. The highest BCUT2D eigenvalue weighted by molar-refractivity contribution is 6.25. The number of phenols is 1. The second-order valence-electron chi connectivity index (χ2n) is 9.68. The number of aromatic hydroxyl groups is 1. The third-order valence-electron chi connectivity index (χ3n) is 6.72. The molecule has 0 radical (unpaired) electrons. The molecule has 30 heavy (non-hydrogen) atoms. The summed E-state index contributed by atoms with van der Waals surface area (Å²) in [5, 5.41) is 10.3. The Morgan fingerprint density at radius 3 is 2.27 bits per heavy atom. The topological polar surface area (TPSA) is 66.7 Å². The van der Waals surface area contributed by atoms with Crippen LogP contribution in [-0.4, -0.2) is 22.4 Å². The van der Waals surface area contributed by atoms with Crippen molar-refractivity contribution in [3.05, 3.63) is 69.8 Å². The average Bonchev–Trinajstić information content (AvgIpc) is 2.96. The normalized spacial score (nSPS) is 24.3. The second-order valence-corrected chi connectivity index (χ2v) is 9.68. The number of aryl methyl sites for hydroxylation is 2. The lowest BCUT2D eigenvalue weighted by molar-refractivity contribution is -0.124. The molecule has 4 nitrogen and oxygen atoms in total. The number of rotatable bonds is 1. The molecule has 0 aromatic heterocycles. The van der Waals surface area contributed by atoms with Gasteiger partial charge in [-0.15, -0.1) is 0 Å². The van der Waals surface area contributed by atoms with Crippen molar-refractivity contribution in [3.63, 3.8) is 0 Å². The summed E-state index contributed by atoms with van der Waals surface area (Å²) in [6, 6.07) is 11.4. The lowest BCUT2D eigenvalue weighted by atomic mass is 9.63. The van der Waals surface area contributed by atoms with Crippen LogP contribution in [0.4, 0.5) is 0 Å². The minimum atomic E-state index is -0.418. The Labute approximate surface area is 176 Å². The molecular formula is C26H25NO3. The molecule has 3 aliphatic rings. The van der Waals surface area contributed by atoms with Crippen LogP contribution >= 0.6 is 0 Å². The van der Waals surface area contributed by atoms with Crippen molar-refractivity contribution in [3.8, 4) is 5.75 Å². The summed E-state index contributed by atoms with van der Waals surface area (Å²) in [4.78, 5) is 31.8. The minimum Gasteiger partial charge on any atom is -0.507 e. The van der Waals surface area contributed by atoms with E-state index in [1.165, 1.54) is 0 Å². The largest absolute Gasteiger partial charge is 0.507 e. The number of aliphatic imine (C=N–C) groups is 1. The smallest absolute Gasteiger partial charge is 0.192 e. The van der Waals surface area contributed by atoms with Gasteiger partial charge in [0.05, 0.1) is 11.6 Å². The van der Waals surface area contributed by atoms with E-state index in [4.69, 9.17) is 4.99 Å².